The molecule has 5 aromatic carbocycles. The van der Waals surface area contributed by atoms with Gasteiger partial charge in [0.15, 0.2) is 0 Å². The largest absolute Gasteiger partial charge is 0.309 e. The Bertz CT molecular complexity index is 1660. The highest BCUT2D eigenvalue weighted by molar-refractivity contribution is 6.21. The molecular formula is C34H26N2. The second kappa shape index (κ2) is 7.79. The molecule has 0 radical (unpaired) electrons. The van der Waals surface area contributed by atoms with Crippen LogP contribution in [0, 0.1) is 0 Å². The molecule has 0 spiro atoms. The Morgan fingerprint density at radius 3 is 1.81 bits per heavy atom. The molecule has 0 atom stereocenters. The van der Waals surface area contributed by atoms with E-state index < -0.39 is 0 Å². The molecule has 6 aromatic rings. The molecule has 0 aliphatic carbocycles. The lowest BCUT2D eigenvalue weighted by atomic mass is 9.73. The van der Waals surface area contributed by atoms with Gasteiger partial charge in [-0.1, -0.05) is 105 Å². The molecule has 0 N–H and O–H groups in total. The molecule has 1 aliphatic rings. The first-order valence-corrected chi connectivity index (χ1v) is 12.5. The summed E-state index contributed by atoms with van der Waals surface area (Å²) in [5.41, 5.74) is 9.59. The molecule has 36 heavy (non-hydrogen) atoms. The van der Waals surface area contributed by atoms with Crippen LogP contribution in [0.25, 0.3) is 32.8 Å². The fraction of sp³-hybridized carbons (Fsp3) is 0.0882. The summed E-state index contributed by atoms with van der Waals surface area (Å²) in [5, 5.41) is 3.59. The van der Waals surface area contributed by atoms with Gasteiger partial charge in [0.1, 0.15) is 0 Å². The number of benzene rings is 5. The molecule has 2 heteroatoms. The number of nitrogens with zero attached hydrogens (tertiary/aromatic N) is 2. The van der Waals surface area contributed by atoms with E-state index in [1.807, 2.05) is 6.20 Å². The lowest BCUT2D eigenvalue weighted by Gasteiger charge is -2.42. The minimum atomic E-state index is -0.0997. The van der Waals surface area contributed by atoms with E-state index in [-0.39, 0.29) is 5.41 Å². The molecule has 0 saturated heterocycles. The van der Waals surface area contributed by atoms with E-state index in [1.54, 1.807) is 0 Å². The molecule has 1 aromatic heterocycles. The highest BCUT2D eigenvalue weighted by Crippen LogP contribution is 2.55. The van der Waals surface area contributed by atoms with Gasteiger partial charge in [0.05, 0.1) is 22.6 Å². The van der Waals surface area contributed by atoms with Gasteiger partial charge in [0.2, 0.25) is 0 Å². The lowest BCUT2D eigenvalue weighted by molar-refractivity contribution is 0.632. The minimum Gasteiger partial charge on any atom is -0.309 e. The monoisotopic (exact) mass is 462 g/mol. The average molecular weight is 463 g/mol. The molecule has 0 amide bonds. The van der Waals surface area contributed by atoms with E-state index in [0.717, 1.165) is 10.9 Å². The summed E-state index contributed by atoms with van der Waals surface area (Å²) in [6.45, 7) is 4.66. The number of fused-ring (bicyclic) bond motifs is 4. The third-order valence-electron chi connectivity index (χ3n) is 7.67. The standard InChI is InChI=1S/C34H26N2/c1-34(2)27-18-8-10-20-29(27)36(30-21-11-9-19-28(30)34)33-25-16-7-6-15-24(25)31(23-13-4-3-5-14-23)32-26(33)17-12-22-35-32/h3-22H,1-2H3. The van der Waals surface area contributed by atoms with Gasteiger partial charge < -0.3 is 4.90 Å². The normalized spacial score (nSPS) is 14.0. The zero-order chi connectivity index (χ0) is 24.3. The van der Waals surface area contributed by atoms with Gasteiger partial charge in [-0.25, -0.2) is 0 Å². The van der Waals surface area contributed by atoms with Crippen LogP contribution in [-0.4, -0.2) is 4.98 Å². The van der Waals surface area contributed by atoms with Crippen molar-refractivity contribution in [1.82, 2.24) is 4.98 Å². The first-order valence-electron chi connectivity index (χ1n) is 12.5. The van der Waals surface area contributed by atoms with Crippen molar-refractivity contribution in [2.75, 3.05) is 4.90 Å². The number of hydrogen-bond donors (Lipinski definition) is 0. The van der Waals surface area contributed by atoms with Crippen LogP contribution < -0.4 is 4.90 Å². The van der Waals surface area contributed by atoms with Gasteiger partial charge in [-0.3, -0.25) is 4.98 Å². The van der Waals surface area contributed by atoms with Crippen molar-refractivity contribution in [2.45, 2.75) is 19.3 Å². The van der Waals surface area contributed by atoms with E-state index in [2.05, 4.69) is 134 Å². The number of hydrogen-bond acceptors (Lipinski definition) is 2. The Morgan fingerprint density at radius 2 is 1.11 bits per heavy atom. The van der Waals surface area contributed by atoms with Gasteiger partial charge >= 0.3 is 0 Å². The Morgan fingerprint density at radius 1 is 0.556 bits per heavy atom. The van der Waals surface area contributed by atoms with E-state index >= 15 is 0 Å². The maximum absolute atomic E-state index is 4.98. The smallest absolute Gasteiger partial charge is 0.0807 e. The number of rotatable bonds is 2. The van der Waals surface area contributed by atoms with E-state index in [0.29, 0.717) is 0 Å². The van der Waals surface area contributed by atoms with Crippen molar-refractivity contribution in [3.8, 4) is 11.1 Å². The molecule has 0 unspecified atom stereocenters. The van der Waals surface area contributed by atoms with Gasteiger partial charge in [0.25, 0.3) is 0 Å². The second-order valence-corrected chi connectivity index (χ2v) is 10.0. The summed E-state index contributed by atoms with van der Waals surface area (Å²) in [4.78, 5) is 7.45. The Labute approximate surface area is 211 Å². The summed E-state index contributed by atoms with van der Waals surface area (Å²) >= 11 is 0. The number of para-hydroxylation sites is 2. The Balaban J connectivity index is 1.67. The number of anilines is 3. The third kappa shape index (κ3) is 2.88. The minimum absolute atomic E-state index is 0.0997. The molecule has 1 aliphatic heterocycles. The SMILES string of the molecule is CC1(C)c2ccccc2N(c2c3ccccc3c(-c3ccccc3)c3ncccc23)c2ccccc21. The fourth-order valence-electron chi connectivity index (χ4n) is 6.02. The van der Waals surface area contributed by atoms with Crippen LogP contribution >= 0.6 is 0 Å². The van der Waals surface area contributed by atoms with Crippen LogP contribution in [0.4, 0.5) is 17.1 Å². The summed E-state index contributed by atoms with van der Waals surface area (Å²) in [6, 6.07) is 41.4. The van der Waals surface area contributed by atoms with Crippen molar-refractivity contribution >= 4 is 38.7 Å². The van der Waals surface area contributed by atoms with E-state index in [4.69, 9.17) is 4.98 Å². The molecule has 172 valence electrons. The van der Waals surface area contributed by atoms with Gasteiger partial charge in [0, 0.05) is 27.9 Å². The first-order chi connectivity index (χ1) is 17.7. The molecule has 0 fully saturated rings. The van der Waals surface area contributed by atoms with Crippen molar-refractivity contribution in [2.24, 2.45) is 0 Å². The zero-order valence-corrected chi connectivity index (χ0v) is 20.4. The maximum Gasteiger partial charge on any atom is 0.0807 e. The fourth-order valence-corrected chi connectivity index (χ4v) is 6.02. The van der Waals surface area contributed by atoms with Crippen molar-refractivity contribution in [1.29, 1.82) is 0 Å². The van der Waals surface area contributed by atoms with Crippen LogP contribution in [0.15, 0.2) is 121 Å². The summed E-state index contributed by atoms with van der Waals surface area (Å²) in [6.07, 6.45) is 1.91. The predicted octanol–water partition coefficient (Wildman–Crippen LogP) is 9.16. The van der Waals surface area contributed by atoms with Gasteiger partial charge in [-0.2, -0.15) is 0 Å². The van der Waals surface area contributed by atoms with Crippen LogP contribution in [0.5, 0.6) is 0 Å². The number of pyridine rings is 1. The highest BCUT2D eigenvalue weighted by Gasteiger charge is 2.37. The predicted molar refractivity (Wildman–Crippen MR) is 151 cm³/mol. The van der Waals surface area contributed by atoms with Crippen LogP contribution in [-0.2, 0) is 5.41 Å². The van der Waals surface area contributed by atoms with E-state index in [1.165, 1.54) is 50.1 Å². The summed E-state index contributed by atoms with van der Waals surface area (Å²) in [5.74, 6) is 0. The van der Waals surface area contributed by atoms with E-state index in [9.17, 15) is 0 Å². The number of aromatic nitrogens is 1. The van der Waals surface area contributed by atoms with Gasteiger partial charge in [-0.15, -0.1) is 0 Å². The molecule has 2 heterocycles. The van der Waals surface area contributed by atoms with Crippen molar-refractivity contribution in [3.63, 3.8) is 0 Å². The van der Waals surface area contributed by atoms with Crippen molar-refractivity contribution in [3.05, 3.63) is 133 Å². The third-order valence-corrected chi connectivity index (χ3v) is 7.67. The van der Waals surface area contributed by atoms with Crippen LogP contribution in [0.3, 0.4) is 0 Å². The first kappa shape index (κ1) is 20.9. The quantitative estimate of drug-likeness (QED) is 0.238. The zero-order valence-electron chi connectivity index (χ0n) is 20.4. The summed E-state index contributed by atoms with van der Waals surface area (Å²) in [7, 11) is 0. The average Bonchev–Trinajstić information content (AvgIpc) is 2.93. The molecule has 0 bridgehead atoms. The van der Waals surface area contributed by atoms with Crippen molar-refractivity contribution < 1.29 is 0 Å². The van der Waals surface area contributed by atoms with Gasteiger partial charge in [-0.05, 0) is 46.3 Å². The molecule has 0 saturated carbocycles. The Hall–Kier alpha value is -4.43. The van der Waals surface area contributed by atoms with Crippen LogP contribution in [0.2, 0.25) is 0 Å². The molecule has 2 nitrogen and oxygen atoms in total. The molecular weight excluding hydrogens is 436 g/mol. The Kier molecular flexibility index (Phi) is 4.52. The molecule has 7 rings (SSSR count). The second-order valence-electron chi connectivity index (χ2n) is 10.0. The summed E-state index contributed by atoms with van der Waals surface area (Å²) < 4.78 is 0. The topological polar surface area (TPSA) is 16.1 Å². The van der Waals surface area contributed by atoms with Crippen LogP contribution in [0.1, 0.15) is 25.0 Å². The lowest BCUT2D eigenvalue weighted by Crippen LogP contribution is -2.30. The maximum atomic E-state index is 4.98. The highest BCUT2D eigenvalue weighted by atomic mass is 15.2.